The molecular formula is C11H8N2. The van der Waals surface area contributed by atoms with Gasteiger partial charge in [-0.15, -0.1) is 0 Å². The fraction of sp³-hybridized carbons (Fsp3) is 0. The second-order valence-corrected chi connectivity index (χ2v) is 2.56. The standard InChI is InChI=1S/C11H8N2/c1-2-3-8-13-9-12-10-6-4-5-7-11(10)13/h2,4-7,9H,1H2. The molecule has 0 spiro atoms. The number of imidazole rings is 1. The molecule has 1 aromatic heterocycles. The maximum atomic E-state index is 4.20. The summed E-state index contributed by atoms with van der Waals surface area (Å²) >= 11 is 0. The van der Waals surface area contributed by atoms with E-state index in [2.05, 4.69) is 23.5 Å². The molecule has 0 aliphatic rings. The molecule has 0 bridgehead atoms. The minimum absolute atomic E-state index is 0.959. The van der Waals surface area contributed by atoms with Crippen LogP contribution in [0.15, 0.2) is 43.2 Å². The summed E-state index contributed by atoms with van der Waals surface area (Å²) in [7, 11) is 0. The van der Waals surface area contributed by atoms with Gasteiger partial charge in [0.1, 0.15) is 6.33 Å². The molecule has 0 fully saturated rings. The summed E-state index contributed by atoms with van der Waals surface area (Å²) < 4.78 is 1.79. The number of fused-ring (bicyclic) bond motifs is 1. The van der Waals surface area contributed by atoms with Gasteiger partial charge in [0.2, 0.25) is 0 Å². The van der Waals surface area contributed by atoms with Crippen molar-refractivity contribution in [1.29, 1.82) is 0 Å². The highest BCUT2D eigenvalue weighted by molar-refractivity contribution is 5.75. The second-order valence-electron chi connectivity index (χ2n) is 2.56. The molecule has 0 N–H and O–H groups in total. The summed E-state index contributed by atoms with van der Waals surface area (Å²) in [5, 5.41) is 0. The molecule has 2 aromatic rings. The van der Waals surface area contributed by atoms with E-state index in [9.17, 15) is 0 Å². The molecule has 0 amide bonds. The zero-order chi connectivity index (χ0) is 9.10. The zero-order valence-electron chi connectivity index (χ0n) is 7.07. The van der Waals surface area contributed by atoms with Crippen molar-refractivity contribution in [2.75, 3.05) is 0 Å². The fourth-order valence-electron chi connectivity index (χ4n) is 1.16. The molecule has 0 saturated heterocycles. The molecule has 0 radical (unpaired) electrons. The Balaban J connectivity index is 2.64. The van der Waals surface area contributed by atoms with Crippen molar-refractivity contribution >= 4 is 11.0 Å². The number of benzene rings is 1. The zero-order valence-corrected chi connectivity index (χ0v) is 7.07. The van der Waals surface area contributed by atoms with Crippen molar-refractivity contribution in [1.82, 2.24) is 9.55 Å². The molecule has 62 valence electrons. The van der Waals surface area contributed by atoms with Crippen LogP contribution in [0.3, 0.4) is 0 Å². The lowest BCUT2D eigenvalue weighted by atomic mass is 10.3. The van der Waals surface area contributed by atoms with E-state index in [1.54, 1.807) is 17.0 Å². The van der Waals surface area contributed by atoms with Crippen LogP contribution in [0.1, 0.15) is 0 Å². The monoisotopic (exact) mass is 168 g/mol. The van der Waals surface area contributed by atoms with E-state index in [0.29, 0.717) is 0 Å². The summed E-state index contributed by atoms with van der Waals surface area (Å²) in [5.74, 6) is 2.78. The van der Waals surface area contributed by atoms with E-state index in [-0.39, 0.29) is 0 Å². The summed E-state index contributed by atoms with van der Waals surface area (Å²) in [6.45, 7) is 3.53. The van der Waals surface area contributed by atoms with Crippen LogP contribution in [0.2, 0.25) is 0 Å². The van der Waals surface area contributed by atoms with Crippen LogP contribution in [0, 0.1) is 12.0 Å². The van der Waals surface area contributed by atoms with Gasteiger partial charge in [0, 0.05) is 6.04 Å². The molecular weight excluding hydrogens is 160 g/mol. The van der Waals surface area contributed by atoms with E-state index in [0.717, 1.165) is 11.0 Å². The van der Waals surface area contributed by atoms with Crippen molar-refractivity contribution in [3.63, 3.8) is 0 Å². The molecule has 2 nitrogen and oxygen atoms in total. The lowest BCUT2D eigenvalue weighted by Gasteiger charge is -1.89. The number of para-hydroxylation sites is 2. The lowest BCUT2D eigenvalue weighted by molar-refractivity contribution is 1.15. The Morgan fingerprint density at radius 1 is 1.38 bits per heavy atom. The number of hydrogen-bond acceptors (Lipinski definition) is 1. The average molecular weight is 168 g/mol. The first-order chi connectivity index (χ1) is 6.42. The summed E-state index contributed by atoms with van der Waals surface area (Å²) in [4.78, 5) is 4.20. The van der Waals surface area contributed by atoms with Crippen LogP contribution in [-0.2, 0) is 0 Å². The first-order valence-electron chi connectivity index (χ1n) is 3.96. The van der Waals surface area contributed by atoms with Gasteiger partial charge >= 0.3 is 0 Å². The molecule has 1 heterocycles. The SMILES string of the molecule is C=CC#Cn1cnc2ccccc21. The number of aromatic nitrogens is 2. The third-order valence-electron chi connectivity index (χ3n) is 1.74. The molecule has 1 aromatic carbocycles. The first-order valence-corrected chi connectivity index (χ1v) is 3.96. The smallest absolute Gasteiger partial charge is 0.108 e. The molecule has 0 atom stereocenters. The van der Waals surface area contributed by atoms with E-state index >= 15 is 0 Å². The maximum absolute atomic E-state index is 4.20. The highest BCUT2D eigenvalue weighted by Gasteiger charge is 1.96. The highest BCUT2D eigenvalue weighted by atomic mass is 15.0. The molecule has 2 heteroatoms. The Hall–Kier alpha value is -2.01. The molecule has 2 rings (SSSR count). The third-order valence-corrected chi connectivity index (χ3v) is 1.74. The van der Waals surface area contributed by atoms with Crippen LogP contribution >= 0.6 is 0 Å². The van der Waals surface area contributed by atoms with E-state index in [1.165, 1.54) is 0 Å². The van der Waals surface area contributed by atoms with E-state index in [1.807, 2.05) is 24.3 Å². The third kappa shape index (κ3) is 1.32. The van der Waals surface area contributed by atoms with Crippen molar-refractivity contribution in [3.8, 4) is 12.0 Å². The van der Waals surface area contributed by atoms with Crippen molar-refractivity contribution in [2.24, 2.45) is 0 Å². The van der Waals surface area contributed by atoms with Crippen molar-refractivity contribution in [3.05, 3.63) is 43.2 Å². The van der Waals surface area contributed by atoms with Gasteiger partial charge in [0.25, 0.3) is 0 Å². The summed E-state index contributed by atoms with van der Waals surface area (Å²) in [6.07, 6.45) is 3.27. The molecule has 0 aliphatic heterocycles. The minimum Gasteiger partial charge on any atom is -0.257 e. The highest BCUT2D eigenvalue weighted by Crippen LogP contribution is 2.09. The van der Waals surface area contributed by atoms with Crippen LogP contribution in [-0.4, -0.2) is 9.55 Å². The van der Waals surface area contributed by atoms with Crippen molar-refractivity contribution in [2.45, 2.75) is 0 Å². The molecule has 0 saturated carbocycles. The van der Waals surface area contributed by atoms with Crippen LogP contribution in [0.25, 0.3) is 11.0 Å². The Morgan fingerprint density at radius 3 is 3.08 bits per heavy atom. The van der Waals surface area contributed by atoms with Gasteiger partial charge in [0.15, 0.2) is 0 Å². The normalized spacial score (nSPS) is 9.23. The summed E-state index contributed by atoms with van der Waals surface area (Å²) in [5.41, 5.74) is 1.98. The summed E-state index contributed by atoms with van der Waals surface area (Å²) in [6, 6.07) is 10.8. The second kappa shape index (κ2) is 3.16. The number of allylic oxidation sites excluding steroid dienone is 1. The molecule has 0 aliphatic carbocycles. The van der Waals surface area contributed by atoms with E-state index in [4.69, 9.17) is 0 Å². The van der Waals surface area contributed by atoms with Crippen molar-refractivity contribution < 1.29 is 0 Å². The Kier molecular flexibility index (Phi) is 1.85. The quantitative estimate of drug-likeness (QED) is 0.550. The predicted molar refractivity (Wildman–Crippen MR) is 53.1 cm³/mol. The number of hydrogen-bond donors (Lipinski definition) is 0. The maximum Gasteiger partial charge on any atom is 0.108 e. The molecule has 0 unspecified atom stereocenters. The van der Waals surface area contributed by atoms with Gasteiger partial charge in [-0.25, -0.2) is 4.98 Å². The van der Waals surface area contributed by atoms with Gasteiger partial charge < -0.3 is 0 Å². The van der Waals surface area contributed by atoms with Gasteiger partial charge in [-0.2, -0.15) is 0 Å². The predicted octanol–water partition coefficient (Wildman–Crippen LogP) is 2.03. The van der Waals surface area contributed by atoms with Gasteiger partial charge in [-0.05, 0) is 18.2 Å². The first kappa shape index (κ1) is 7.63. The van der Waals surface area contributed by atoms with Gasteiger partial charge in [0.05, 0.1) is 11.0 Å². The lowest BCUT2D eigenvalue weighted by Crippen LogP contribution is -1.83. The molecule has 13 heavy (non-hydrogen) atoms. The Labute approximate surface area is 76.5 Å². The Morgan fingerprint density at radius 2 is 2.23 bits per heavy atom. The minimum atomic E-state index is 0.959. The van der Waals surface area contributed by atoms with E-state index < -0.39 is 0 Å². The van der Waals surface area contributed by atoms with Gasteiger partial charge in [-0.3, -0.25) is 4.57 Å². The number of rotatable bonds is 0. The Bertz CT molecular complexity index is 497. The average Bonchev–Trinajstić information content (AvgIpc) is 2.58. The number of nitrogens with zero attached hydrogens (tertiary/aromatic N) is 2. The van der Waals surface area contributed by atoms with Crippen LogP contribution in [0.5, 0.6) is 0 Å². The fourth-order valence-corrected chi connectivity index (χ4v) is 1.16. The topological polar surface area (TPSA) is 17.8 Å². The van der Waals surface area contributed by atoms with Crippen LogP contribution < -0.4 is 0 Å². The largest absolute Gasteiger partial charge is 0.257 e. The van der Waals surface area contributed by atoms with Crippen LogP contribution in [0.4, 0.5) is 0 Å². The van der Waals surface area contributed by atoms with Gasteiger partial charge in [-0.1, -0.05) is 24.6 Å².